The Morgan fingerprint density at radius 2 is 1.44 bits per heavy atom. The van der Waals surface area contributed by atoms with E-state index < -0.39 is 0 Å². The highest BCUT2D eigenvalue weighted by Gasteiger charge is 2.20. The largest absolute Gasteiger partial charge is 0.449 e. The maximum absolute atomic E-state index is 5.93. The van der Waals surface area contributed by atoms with Crippen LogP contribution in [0.4, 0.5) is 0 Å². The van der Waals surface area contributed by atoms with Crippen molar-refractivity contribution in [1.82, 2.24) is 4.98 Å². The molecule has 0 N–H and O–H groups in total. The molecule has 86 valence electrons. The van der Waals surface area contributed by atoms with E-state index in [1.165, 1.54) is 0 Å². The summed E-state index contributed by atoms with van der Waals surface area (Å²) >= 11 is 0. The highest BCUT2D eigenvalue weighted by Crippen LogP contribution is 2.47. The first-order valence-corrected chi connectivity index (χ1v) is 5.74. The summed E-state index contributed by atoms with van der Waals surface area (Å²) in [5.74, 6) is 2.86. The number of para-hydroxylation sites is 3. The number of nitrogens with zero attached hydrogens (tertiary/aromatic N) is 1. The molecular weight excluding hydrogens is 226 g/mol. The lowest BCUT2D eigenvalue weighted by molar-refractivity contribution is 0.362. The van der Waals surface area contributed by atoms with Crippen LogP contribution >= 0.6 is 0 Å². The summed E-state index contributed by atoms with van der Waals surface area (Å²) < 4.78 is 11.7. The van der Waals surface area contributed by atoms with Gasteiger partial charge in [0.15, 0.2) is 23.0 Å². The minimum absolute atomic E-state index is 0.660. The van der Waals surface area contributed by atoms with Crippen LogP contribution < -0.4 is 9.47 Å². The van der Waals surface area contributed by atoms with Crippen LogP contribution in [0.5, 0.6) is 23.0 Å². The molecule has 4 rings (SSSR count). The topological polar surface area (TPSA) is 31.4 Å². The summed E-state index contributed by atoms with van der Waals surface area (Å²) in [5.41, 5.74) is 0.902. The molecule has 1 aliphatic heterocycles. The molecule has 3 heteroatoms. The summed E-state index contributed by atoms with van der Waals surface area (Å²) in [6.45, 7) is 0. The quantitative estimate of drug-likeness (QED) is 0.459. The van der Waals surface area contributed by atoms with Crippen molar-refractivity contribution in [2.45, 2.75) is 0 Å². The van der Waals surface area contributed by atoms with Gasteiger partial charge in [-0.05, 0) is 24.3 Å². The van der Waals surface area contributed by atoms with Crippen LogP contribution in [0.2, 0.25) is 0 Å². The average Bonchev–Trinajstić information content (AvgIpc) is 2.45. The van der Waals surface area contributed by atoms with E-state index in [4.69, 9.17) is 9.47 Å². The lowest BCUT2D eigenvalue weighted by Gasteiger charge is -2.21. The third-order valence-electron chi connectivity index (χ3n) is 2.97. The number of hydrogen-bond acceptors (Lipinski definition) is 3. The fourth-order valence-electron chi connectivity index (χ4n) is 2.12. The minimum Gasteiger partial charge on any atom is -0.449 e. The van der Waals surface area contributed by atoms with Crippen molar-refractivity contribution in [3.8, 4) is 23.0 Å². The first-order chi connectivity index (χ1) is 8.92. The smallest absolute Gasteiger partial charge is 0.189 e. The molecule has 0 radical (unpaired) electrons. The Labute approximate surface area is 104 Å². The van der Waals surface area contributed by atoms with Gasteiger partial charge in [0.25, 0.3) is 0 Å². The van der Waals surface area contributed by atoms with E-state index >= 15 is 0 Å². The molecular formula is C15H9NO2. The zero-order chi connectivity index (χ0) is 11.9. The van der Waals surface area contributed by atoms with Crippen molar-refractivity contribution in [1.29, 1.82) is 0 Å². The molecule has 0 atom stereocenters. The van der Waals surface area contributed by atoms with Crippen LogP contribution in [-0.2, 0) is 0 Å². The standard InChI is InChI=1S/C15H9NO2/c1-2-6-11-10(5-1)15-14(9-16-11)17-12-7-3-4-8-13(12)18-15/h1-9H. The molecule has 3 nitrogen and oxygen atoms in total. The second kappa shape index (κ2) is 3.47. The van der Waals surface area contributed by atoms with Gasteiger partial charge in [-0.25, -0.2) is 0 Å². The molecule has 0 unspecified atom stereocenters. The van der Waals surface area contributed by atoms with Gasteiger partial charge < -0.3 is 9.47 Å². The van der Waals surface area contributed by atoms with E-state index in [1.54, 1.807) is 6.20 Å². The van der Waals surface area contributed by atoms with Gasteiger partial charge in [0.1, 0.15) is 0 Å². The molecule has 0 saturated carbocycles. The Hall–Kier alpha value is -2.55. The molecule has 3 aromatic rings. The van der Waals surface area contributed by atoms with Crippen molar-refractivity contribution in [3.63, 3.8) is 0 Å². The number of aromatic nitrogens is 1. The van der Waals surface area contributed by atoms with Crippen LogP contribution in [0.3, 0.4) is 0 Å². The maximum atomic E-state index is 5.93. The zero-order valence-corrected chi connectivity index (χ0v) is 9.46. The van der Waals surface area contributed by atoms with Gasteiger partial charge >= 0.3 is 0 Å². The third kappa shape index (κ3) is 1.27. The van der Waals surface area contributed by atoms with Crippen LogP contribution in [0.25, 0.3) is 10.9 Å². The number of fused-ring (bicyclic) bond motifs is 4. The predicted octanol–water partition coefficient (Wildman–Crippen LogP) is 4.13. The van der Waals surface area contributed by atoms with Crippen molar-refractivity contribution < 1.29 is 9.47 Å². The normalized spacial score (nSPS) is 12.2. The molecule has 0 saturated heterocycles. The van der Waals surface area contributed by atoms with Gasteiger partial charge in [-0.1, -0.05) is 24.3 Å². The first kappa shape index (κ1) is 9.48. The summed E-state index contributed by atoms with van der Waals surface area (Å²) in [6, 6.07) is 15.5. The maximum Gasteiger partial charge on any atom is 0.189 e. The van der Waals surface area contributed by atoms with E-state index in [-0.39, 0.29) is 0 Å². The SMILES string of the molecule is c1ccc2c(c1)Oc1cnc3ccccc3c1O2. The van der Waals surface area contributed by atoms with Gasteiger partial charge in [-0.3, -0.25) is 4.98 Å². The fourth-order valence-corrected chi connectivity index (χ4v) is 2.12. The van der Waals surface area contributed by atoms with Crippen molar-refractivity contribution >= 4 is 10.9 Å². The Bertz CT molecular complexity index is 752. The van der Waals surface area contributed by atoms with Gasteiger partial charge in [-0.15, -0.1) is 0 Å². The second-order valence-electron chi connectivity index (χ2n) is 4.12. The van der Waals surface area contributed by atoms with E-state index in [9.17, 15) is 0 Å². The van der Waals surface area contributed by atoms with Crippen molar-refractivity contribution in [3.05, 3.63) is 54.7 Å². The molecule has 2 aromatic carbocycles. The van der Waals surface area contributed by atoms with Crippen molar-refractivity contribution in [2.24, 2.45) is 0 Å². The predicted molar refractivity (Wildman–Crippen MR) is 68.3 cm³/mol. The Morgan fingerprint density at radius 1 is 0.722 bits per heavy atom. The van der Waals surface area contributed by atoms with E-state index in [0.717, 1.165) is 28.2 Å². The van der Waals surface area contributed by atoms with E-state index in [0.29, 0.717) is 5.75 Å². The molecule has 1 aliphatic rings. The molecule has 0 aliphatic carbocycles. The molecule has 0 spiro atoms. The van der Waals surface area contributed by atoms with Gasteiger partial charge in [0.2, 0.25) is 0 Å². The lowest BCUT2D eigenvalue weighted by Crippen LogP contribution is -2.00. The number of benzene rings is 2. The van der Waals surface area contributed by atoms with Gasteiger partial charge in [0.05, 0.1) is 11.7 Å². The molecule has 2 heterocycles. The minimum atomic E-state index is 0.660. The van der Waals surface area contributed by atoms with Gasteiger partial charge in [-0.2, -0.15) is 0 Å². The summed E-state index contributed by atoms with van der Waals surface area (Å²) in [5, 5.41) is 0.963. The van der Waals surface area contributed by atoms with Crippen LogP contribution in [0.15, 0.2) is 54.7 Å². The van der Waals surface area contributed by atoms with Crippen LogP contribution in [-0.4, -0.2) is 4.98 Å². The zero-order valence-electron chi connectivity index (χ0n) is 9.46. The summed E-state index contributed by atoms with van der Waals surface area (Å²) in [6.07, 6.45) is 1.70. The van der Waals surface area contributed by atoms with Crippen molar-refractivity contribution in [2.75, 3.05) is 0 Å². The molecule has 0 amide bonds. The Morgan fingerprint density at radius 3 is 2.33 bits per heavy atom. The first-order valence-electron chi connectivity index (χ1n) is 5.74. The summed E-state index contributed by atoms with van der Waals surface area (Å²) in [4.78, 5) is 4.36. The fraction of sp³-hybridized carbons (Fsp3) is 0. The van der Waals surface area contributed by atoms with E-state index in [1.807, 2.05) is 48.5 Å². The molecule has 1 aromatic heterocycles. The van der Waals surface area contributed by atoms with Gasteiger partial charge in [0, 0.05) is 5.39 Å². The van der Waals surface area contributed by atoms with Crippen LogP contribution in [0, 0.1) is 0 Å². The third-order valence-corrected chi connectivity index (χ3v) is 2.97. The molecule has 18 heavy (non-hydrogen) atoms. The highest BCUT2D eigenvalue weighted by atomic mass is 16.6. The number of rotatable bonds is 0. The Balaban J connectivity index is 1.98. The number of hydrogen-bond donors (Lipinski definition) is 0. The average molecular weight is 235 g/mol. The second-order valence-corrected chi connectivity index (χ2v) is 4.12. The lowest BCUT2D eigenvalue weighted by atomic mass is 10.2. The number of pyridine rings is 1. The molecule has 0 bridgehead atoms. The molecule has 0 fully saturated rings. The Kier molecular flexibility index (Phi) is 1.83. The summed E-state index contributed by atoms with van der Waals surface area (Å²) in [7, 11) is 0. The number of ether oxygens (including phenoxy) is 2. The monoisotopic (exact) mass is 235 g/mol. The van der Waals surface area contributed by atoms with Crippen LogP contribution in [0.1, 0.15) is 0 Å². The van der Waals surface area contributed by atoms with E-state index in [2.05, 4.69) is 4.98 Å². The highest BCUT2D eigenvalue weighted by molar-refractivity contribution is 5.88.